The molecular weight excluding hydrogens is 240 g/mol. The number of carbonyl (C=O) groups excluding carboxylic acids is 1. The highest BCUT2D eigenvalue weighted by molar-refractivity contribution is 6.27. The fourth-order valence-corrected chi connectivity index (χ4v) is 1.57. The fourth-order valence-electron chi connectivity index (χ4n) is 1.57. The Hall–Kier alpha value is -1.63. The lowest BCUT2D eigenvalue weighted by molar-refractivity contribution is -0.159. The number of rotatable bonds is 3. The number of nitrogens with zero attached hydrogens (tertiary/aromatic N) is 1. The van der Waals surface area contributed by atoms with Crippen LogP contribution in [-0.2, 0) is 14.4 Å². The van der Waals surface area contributed by atoms with Crippen molar-refractivity contribution >= 4 is 17.8 Å². The maximum Gasteiger partial charge on any atom is 0.414 e. The van der Waals surface area contributed by atoms with Gasteiger partial charge < -0.3 is 20.4 Å². The summed E-state index contributed by atoms with van der Waals surface area (Å²) in [5, 5.41) is 17.4. The van der Waals surface area contributed by atoms with E-state index in [2.05, 4.69) is 10.2 Å². The van der Waals surface area contributed by atoms with Crippen LogP contribution in [0.5, 0.6) is 0 Å². The molecule has 0 atom stereocenters. The number of piperidine rings is 1. The van der Waals surface area contributed by atoms with Crippen molar-refractivity contribution in [3.63, 3.8) is 0 Å². The van der Waals surface area contributed by atoms with E-state index in [0.717, 1.165) is 6.54 Å². The molecule has 0 unspecified atom stereocenters. The Morgan fingerprint density at radius 3 is 1.94 bits per heavy atom. The molecular formula is C11H20N2O5. The molecule has 104 valence electrons. The molecule has 0 aromatic rings. The van der Waals surface area contributed by atoms with Crippen LogP contribution in [0.25, 0.3) is 0 Å². The van der Waals surface area contributed by atoms with Crippen molar-refractivity contribution in [3.05, 3.63) is 0 Å². The third-order valence-corrected chi connectivity index (χ3v) is 2.57. The second-order valence-corrected chi connectivity index (χ2v) is 3.94. The molecule has 0 aliphatic carbocycles. The maximum absolute atomic E-state index is 10.9. The Labute approximate surface area is 106 Å². The molecule has 1 heterocycles. The van der Waals surface area contributed by atoms with Crippen molar-refractivity contribution < 1.29 is 24.6 Å². The van der Waals surface area contributed by atoms with E-state index in [0.29, 0.717) is 6.42 Å². The quantitative estimate of drug-likeness (QED) is 0.605. The van der Waals surface area contributed by atoms with Gasteiger partial charge in [0.2, 0.25) is 5.91 Å². The number of carboxylic acids is 2. The summed E-state index contributed by atoms with van der Waals surface area (Å²) in [6.45, 7) is 3.29. The van der Waals surface area contributed by atoms with Crippen LogP contribution in [0.3, 0.4) is 0 Å². The standard InChI is InChI=1S/C9H18N2O.C2H2O4/c1-10-9(12)5-8-11-6-3-2-4-7-11;3-1(4)2(5)6/h2-8H2,1H3,(H,10,12);(H,3,4)(H,5,6). The number of hydrogen-bond donors (Lipinski definition) is 3. The lowest BCUT2D eigenvalue weighted by Crippen LogP contribution is -2.33. The van der Waals surface area contributed by atoms with Crippen LogP contribution < -0.4 is 5.32 Å². The molecule has 18 heavy (non-hydrogen) atoms. The van der Waals surface area contributed by atoms with Gasteiger partial charge in [0.1, 0.15) is 0 Å². The van der Waals surface area contributed by atoms with Crippen molar-refractivity contribution in [1.82, 2.24) is 10.2 Å². The fraction of sp³-hybridized carbons (Fsp3) is 0.727. The van der Waals surface area contributed by atoms with Crippen LogP contribution in [0.4, 0.5) is 0 Å². The average Bonchev–Trinajstić information content (AvgIpc) is 2.37. The number of hydrogen-bond acceptors (Lipinski definition) is 4. The smallest absolute Gasteiger partial charge is 0.414 e. The van der Waals surface area contributed by atoms with Gasteiger partial charge in [0.25, 0.3) is 0 Å². The number of nitrogens with one attached hydrogen (secondary N) is 1. The first kappa shape index (κ1) is 16.4. The van der Waals surface area contributed by atoms with Crippen molar-refractivity contribution in [2.45, 2.75) is 25.7 Å². The third-order valence-electron chi connectivity index (χ3n) is 2.57. The Morgan fingerprint density at radius 1 is 1.06 bits per heavy atom. The van der Waals surface area contributed by atoms with E-state index in [1.807, 2.05) is 0 Å². The van der Waals surface area contributed by atoms with E-state index in [1.54, 1.807) is 7.05 Å². The summed E-state index contributed by atoms with van der Waals surface area (Å²) in [5.74, 6) is -3.49. The monoisotopic (exact) mass is 260 g/mol. The molecule has 7 heteroatoms. The molecule has 1 fully saturated rings. The maximum atomic E-state index is 10.9. The normalized spacial score (nSPS) is 15.2. The van der Waals surface area contributed by atoms with Crippen LogP contribution in [0.1, 0.15) is 25.7 Å². The van der Waals surface area contributed by atoms with Crippen molar-refractivity contribution in [1.29, 1.82) is 0 Å². The minimum Gasteiger partial charge on any atom is -0.473 e. The van der Waals surface area contributed by atoms with Gasteiger partial charge in [-0.25, -0.2) is 9.59 Å². The molecule has 0 radical (unpaired) electrons. The summed E-state index contributed by atoms with van der Waals surface area (Å²) in [6, 6.07) is 0. The molecule has 1 amide bonds. The molecule has 0 spiro atoms. The first-order valence-electron chi connectivity index (χ1n) is 5.86. The van der Waals surface area contributed by atoms with E-state index >= 15 is 0 Å². The lowest BCUT2D eigenvalue weighted by Gasteiger charge is -2.25. The highest BCUT2D eigenvalue weighted by Gasteiger charge is 2.10. The minimum atomic E-state index is -1.82. The summed E-state index contributed by atoms with van der Waals surface area (Å²) in [5.41, 5.74) is 0. The predicted octanol–water partition coefficient (Wildman–Crippen LogP) is -0.236. The van der Waals surface area contributed by atoms with Gasteiger partial charge in [-0.05, 0) is 25.9 Å². The summed E-state index contributed by atoms with van der Waals surface area (Å²) in [7, 11) is 1.69. The molecule has 0 saturated carbocycles. The zero-order valence-electron chi connectivity index (χ0n) is 10.5. The highest BCUT2D eigenvalue weighted by atomic mass is 16.4. The van der Waals surface area contributed by atoms with Gasteiger partial charge in [-0.15, -0.1) is 0 Å². The van der Waals surface area contributed by atoms with Crippen LogP contribution in [-0.4, -0.2) is 59.6 Å². The molecule has 0 aromatic carbocycles. The molecule has 7 nitrogen and oxygen atoms in total. The van der Waals surface area contributed by atoms with E-state index in [4.69, 9.17) is 19.8 Å². The number of carbonyl (C=O) groups is 3. The highest BCUT2D eigenvalue weighted by Crippen LogP contribution is 2.08. The Balaban J connectivity index is 0.000000411. The summed E-state index contributed by atoms with van der Waals surface area (Å²) >= 11 is 0. The summed E-state index contributed by atoms with van der Waals surface area (Å²) in [6.07, 6.45) is 4.61. The van der Waals surface area contributed by atoms with Gasteiger partial charge in [0, 0.05) is 20.0 Å². The zero-order valence-corrected chi connectivity index (χ0v) is 10.5. The molecule has 1 aliphatic rings. The number of aliphatic carboxylic acids is 2. The molecule has 0 aromatic heterocycles. The van der Waals surface area contributed by atoms with Crippen molar-refractivity contribution in [3.8, 4) is 0 Å². The van der Waals surface area contributed by atoms with Crippen LogP contribution >= 0.6 is 0 Å². The van der Waals surface area contributed by atoms with E-state index < -0.39 is 11.9 Å². The van der Waals surface area contributed by atoms with Crippen LogP contribution in [0.15, 0.2) is 0 Å². The molecule has 1 aliphatic heterocycles. The summed E-state index contributed by atoms with van der Waals surface area (Å²) in [4.78, 5) is 31.5. The van der Waals surface area contributed by atoms with Crippen LogP contribution in [0.2, 0.25) is 0 Å². The Bertz CT molecular complexity index is 275. The van der Waals surface area contributed by atoms with Gasteiger partial charge in [-0.1, -0.05) is 6.42 Å². The second-order valence-electron chi connectivity index (χ2n) is 3.94. The molecule has 0 bridgehead atoms. The SMILES string of the molecule is CNC(=O)CCN1CCCCC1.O=C(O)C(=O)O. The van der Waals surface area contributed by atoms with Gasteiger partial charge in [-0.2, -0.15) is 0 Å². The van der Waals surface area contributed by atoms with Gasteiger partial charge in [0.05, 0.1) is 0 Å². The predicted molar refractivity (Wildman–Crippen MR) is 64.2 cm³/mol. The molecule has 1 rings (SSSR count). The first-order valence-corrected chi connectivity index (χ1v) is 5.86. The van der Waals surface area contributed by atoms with Gasteiger partial charge >= 0.3 is 11.9 Å². The zero-order chi connectivity index (χ0) is 14.0. The molecule has 3 N–H and O–H groups in total. The van der Waals surface area contributed by atoms with E-state index in [-0.39, 0.29) is 5.91 Å². The number of carboxylic acid groups (broad SMARTS) is 2. The summed E-state index contributed by atoms with van der Waals surface area (Å²) < 4.78 is 0. The van der Waals surface area contributed by atoms with Crippen molar-refractivity contribution in [2.24, 2.45) is 0 Å². The number of amides is 1. The minimum absolute atomic E-state index is 0.153. The topological polar surface area (TPSA) is 107 Å². The van der Waals surface area contributed by atoms with E-state index in [9.17, 15) is 4.79 Å². The Morgan fingerprint density at radius 2 is 1.56 bits per heavy atom. The number of likely N-dealkylation sites (tertiary alicyclic amines) is 1. The van der Waals surface area contributed by atoms with Gasteiger partial charge in [0.15, 0.2) is 0 Å². The third kappa shape index (κ3) is 8.51. The second kappa shape index (κ2) is 9.41. The Kier molecular flexibility index (Phi) is 8.55. The van der Waals surface area contributed by atoms with E-state index in [1.165, 1.54) is 32.4 Å². The molecule has 1 saturated heterocycles. The first-order chi connectivity index (χ1) is 8.47. The average molecular weight is 260 g/mol. The van der Waals surface area contributed by atoms with Crippen molar-refractivity contribution in [2.75, 3.05) is 26.7 Å². The largest absolute Gasteiger partial charge is 0.473 e. The lowest BCUT2D eigenvalue weighted by atomic mass is 10.1. The van der Waals surface area contributed by atoms with Crippen LogP contribution in [0, 0.1) is 0 Å². The van der Waals surface area contributed by atoms with Gasteiger partial charge in [-0.3, -0.25) is 4.79 Å².